The number of aromatic nitrogens is 2. The molecule has 0 bridgehead atoms. The molecule has 2 heterocycles. The Bertz CT molecular complexity index is 1970. The average molecular weight is 690 g/mol. The van der Waals surface area contributed by atoms with Gasteiger partial charge in [0.1, 0.15) is 11.9 Å². The number of nitrogens with one attached hydrogen (secondary N) is 2. The first kappa shape index (κ1) is 34.9. The number of carbonyl (C=O) groups is 2. The highest BCUT2D eigenvalue weighted by molar-refractivity contribution is 6.15. The van der Waals surface area contributed by atoms with Crippen LogP contribution in [0.3, 0.4) is 0 Å². The van der Waals surface area contributed by atoms with E-state index in [4.69, 9.17) is 5.73 Å². The van der Waals surface area contributed by atoms with Crippen LogP contribution in [0.1, 0.15) is 55.2 Å². The van der Waals surface area contributed by atoms with Crippen LogP contribution in [0.15, 0.2) is 91.1 Å². The van der Waals surface area contributed by atoms with Gasteiger partial charge in [0, 0.05) is 12.9 Å². The zero-order chi connectivity index (χ0) is 35.4. The molecule has 1 aromatic heterocycles. The topological polar surface area (TPSA) is 124 Å². The summed E-state index contributed by atoms with van der Waals surface area (Å²) in [5, 5.41) is 11.7. The van der Waals surface area contributed by atoms with Crippen molar-refractivity contribution in [3.63, 3.8) is 0 Å². The third-order valence-corrected chi connectivity index (χ3v) is 9.85. The van der Waals surface area contributed by atoms with Crippen molar-refractivity contribution in [2.75, 3.05) is 19.5 Å². The first-order valence-corrected chi connectivity index (χ1v) is 17.9. The summed E-state index contributed by atoms with van der Waals surface area (Å²) in [5.74, 6) is 0.348. The fourth-order valence-corrected chi connectivity index (χ4v) is 7.45. The van der Waals surface area contributed by atoms with Gasteiger partial charge in [-0.15, -0.1) is 11.6 Å². The van der Waals surface area contributed by atoms with E-state index in [0.717, 1.165) is 53.9 Å². The Balaban J connectivity index is 0.00000212. The quantitative estimate of drug-likeness (QED) is 0.114. The summed E-state index contributed by atoms with van der Waals surface area (Å²) in [6.45, 7) is 4.88. The van der Waals surface area contributed by atoms with Crippen LogP contribution in [0.2, 0.25) is 0 Å². The summed E-state index contributed by atoms with van der Waals surface area (Å²) in [5.41, 5.74) is 19.4. The van der Waals surface area contributed by atoms with Crippen molar-refractivity contribution >= 4 is 23.6 Å². The average Bonchev–Trinajstić information content (AvgIpc) is 3.90. The summed E-state index contributed by atoms with van der Waals surface area (Å²) in [6, 6.07) is 29.5. The number of likely N-dealkylation sites (tertiary alicyclic amines) is 1. The zero-order valence-electron chi connectivity index (χ0n) is 28.7. The highest BCUT2D eigenvalue weighted by atomic mass is 35.5. The second kappa shape index (κ2) is 15.3. The molecule has 0 saturated carbocycles. The van der Waals surface area contributed by atoms with E-state index in [2.05, 4.69) is 112 Å². The number of nitrogens with zero attached hydrogens (tertiary/aromatic N) is 2. The van der Waals surface area contributed by atoms with Crippen LogP contribution in [-0.4, -0.2) is 57.5 Å². The van der Waals surface area contributed by atoms with Crippen molar-refractivity contribution in [2.24, 2.45) is 11.7 Å². The van der Waals surface area contributed by atoms with Crippen LogP contribution < -0.4 is 11.1 Å². The molecule has 5 N–H and O–H groups in total. The molecule has 0 radical (unpaired) electrons. The zero-order valence-corrected chi connectivity index (χ0v) is 29.5. The number of amides is 2. The van der Waals surface area contributed by atoms with Gasteiger partial charge in [-0.25, -0.2) is 9.78 Å². The molecule has 2 amide bonds. The van der Waals surface area contributed by atoms with E-state index in [-0.39, 0.29) is 17.9 Å². The lowest BCUT2D eigenvalue weighted by atomic mass is 9.89. The number of benzene rings is 4. The lowest BCUT2D eigenvalue weighted by molar-refractivity contribution is -0.135. The van der Waals surface area contributed by atoms with E-state index >= 15 is 0 Å². The first-order valence-electron chi connectivity index (χ1n) is 17.2. The van der Waals surface area contributed by atoms with Crippen molar-refractivity contribution in [1.29, 1.82) is 0 Å². The van der Waals surface area contributed by atoms with Gasteiger partial charge in [-0.3, -0.25) is 4.79 Å². The van der Waals surface area contributed by atoms with E-state index in [1.165, 1.54) is 45.3 Å². The van der Waals surface area contributed by atoms with Crippen LogP contribution >= 0.6 is 11.6 Å². The number of fused-ring (bicyclic) bond motifs is 3. The summed E-state index contributed by atoms with van der Waals surface area (Å²) in [4.78, 5) is 34.5. The molecule has 4 aromatic carbocycles. The molecule has 258 valence electrons. The molecule has 2 atom stereocenters. The molecule has 7 rings (SSSR count). The number of H-pyrrole nitrogens is 1. The lowest BCUT2D eigenvalue weighted by Crippen LogP contribution is -2.50. The van der Waals surface area contributed by atoms with Crippen LogP contribution in [0.4, 0.5) is 4.79 Å². The minimum atomic E-state index is -1.19. The molecule has 2 aliphatic rings. The molecule has 1 aliphatic carbocycles. The van der Waals surface area contributed by atoms with Gasteiger partial charge in [0.15, 0.2) is 0 Å². The molecular formula is C41H44ClN5O3. The lowest BCUT2D eigenvalue weighted by Gasteiger charge is -2.29. The molecule has 1 fully saturated rings. The molecular weight excluding hydrogens is 646 g/mol. The van der Waals surface area contributed by atoms with Gasteiger partial charge >= 0.3 is 6.09 Å². The van der Waals surface area contributed by atoms with Gasteiger partial charge in [-0.1, -0.05) is 98.8 Å². The summed E-state index contributed by atoms with van der Waals surface area (Å²) in [7, 11) is 0. The number of carboxylic acid groups (broad SMARTS) is 1. The van der Waals surface area contributed by atoms with E-state index in [9.17, 15) is 14.7 Å². The summed E-state index contributed by atoms with van der Waals surface area (Å²) < 4.78 is 0. The monoisotopic (exact) mass is 689 g/mol. The van der Waals surface area contributed by atoms with E-state index < -0.39 is 12.1 Å². The third kappa shape index (κ3) is 6.91. The molecule has 0 spiro atoms. The number of hydrogen-bond acceptors (Lipinski definition) is 4. The second-order valence-electron chi connectivity index (χ2n) is 13.2. The van der Waals surface area contributed by atoms with Gasteiger partial charge in [-0.05, 0) is 93.8 Å². The van der Waals surface area contributed by atoms with Crippen molar-refractivity contribution in [3.05, 3.63) is 114 Å². The van der Waals surface area contributed by atoms with Gasteiger partial charge in [0.05, 0.1) is 17.9 Å². The number of carbonyl (C=O) groups excluding carboxylic acids is 1. The molecule has 1 aliphatic heterocycles. The predicted molar refractivity (Wildman–Crippen MR) is 201 cm³/mol. The Morgan fingerprint density at radius 2 is 1.60 bits per heavy atom. The number of alkyl halides is 1. The Morgan fingerprint density at radius 3 is 2.26 bits per heavy atom. The highest BCUT2D eigenvalue weighted by Crippen LogP contribution is 2.43. The second-order valence-corrected chi connectivity index (χ2v) is 13.2. The molecule has 8 nitrogen and oxygen atoms in total. The molecule has 9 heteroatoms. The number of aromatic amines is 1. The molecule has 2 unspecified atom stereocenters. The van der Waals surface area contributed by atoms with Gasteiger partial charge in [0.2, 0.25) is 5.91 Å². The maximum absolute atomic E-state index is 13.4. The molecule has 1 saturated heterocycles. The standard InChI is InChI=1S/C40H41N5O3.CH3Cl/c1-24(2)37(44-40(47)48)39(46)45-21-5-8-35(45)38-42-23-34(43-38)27-13-9-25(10-14-27)26-11-15-28(16-12-26)36-29(19-20-41)17-18-32-31-7-4-3-6-30(31)22-33(32)36;1-2/h3-4,6-7,9-18,23-24,35,37,44H,5,8,19-22,41H2,1-2H3,(H,42,43)(H,47,48);1H3. The van der Waals surface area contributed by atoms with E-state index in [1.807, 2.05) is 20.0 Å². The van der Waals surface area contributed by atoms with E-state index in [0.29, 0.717) is 13.1 Å². The van der Waals surface area contributed by atoms with Crippen molar-refractivity contribution in [3.8, 4) is 44.6 Å². The largest absolute Gasteiger partial charge is 0.465 e. The SMILES string of the molecule is CC(C)C(NC(=O)O)C(=O)N1CCCC1c1ncc(-c2ccc(-c3ccc(-c4c(CCN)ccc5c4Cc4ccccc4-5)cc3)cc2)[nH]1.CCl. The van der Waals surface area contributed by atoms with Gasteiger partial charge < -0.3 is 26.0 Å². The van der Waals surface area contributed by atoms with Crippen molar-refractivity contribution in [1.82, 2.24) is 20.2 Å². The Morgan fingerprint density at radius 1 is 0.940 bits per heavy atom. The molecule has 50 heavy (non-hydrogen) atoms. The molecule has 5 aromatic rings. The van der Waals surface area contributed by atoms with Crippen molar-refractivity contribution < 1.29 is 14.7 Å². The van der Waals surface area contributed by atoms with Crippen LogP contribution in [0.5, 0.6) is 0 Å². The maximum atomic E-state index is 13.4. The fraction of sp³-hybridized carbons (Fsp3) is 0.293. The minimum absolute atomic E-state index is 0.165. The Labute approximate surface area is 298 Å². The first-order chi connectivity index (χ1) is 24.3. The smallest absolute Gasteiger partial charge is 0.405 e. The number of hydrogen-bond donors (Lipinski definition) is 4. The third-order valence-electron chi connectivity index (χ3n) is 9.85. The van der Waals surface area contributed by atoms with Crippen LogP contribution in [0, 0.1) is 5.92 Å². The van der Waals surface area contributed by atoms with Crippen LogP contribution in [-0.2, 0) is 17.6 Å². The van der Waals surface area contributed by atoms with Crippen molar-refractivity contribution in [2.45, 2.75) is 51.6 Å². The Hall–Kier alpha value is -4.92. The predicted octanol–water partition coefficient (Wildman–Crippen LogP) is 8.29. The Kier molecular flexibility index (Phi) is 10.7. The number of nitrogens with two attached hydrogens (primary N) is 1. The van der Waals surface area contributed by atoms with E-state index in [1.54, 1.807) is 4.90 Å². The highest BCUT2D eigenvalue weighted by Gasteiger charge is 2.37. The normalized spacial score (nSPS) is 15.2. The minimum Gasteiger partial charge on any atom is -0.465 e. The maximum Gasteiger partial charge on any atom is 0.405 e. The number of halogens is 1. The summed E-state index contributed by atoms with van der Waals surface area (Å²) in [6.07, 6.45) is 5.48. The number of imidazole rings is 1. The summed E-state index contributed by atoms with van der Waals surface area (Å²) >= 11 is 4.64. The fourth-order valence-electron chi connectivity index (χ4n) is 7.45. The van der Waals surface area contributed by atoms with Crippen LogP contribution in [0.25, 0.3) is 44.6 Å². The number of rotatable bonds is 9. The van der Waals surface area contributed by atoms with Gasteiger partial charge in [0.25, 0.3) is 0 Å². The van der Waals surface area contributed by atoms with Gasteiger partial charge in [-0.2, -0.15) is 0 Å².